The van der Waals surface area contributed by atoms with Gasteiger partial charge in [0.05, 0.1) is 23.0 Å². The van der Waals surface area contributed by atoms with Crippen molar-refractivity contribution in [3.8, 4) is 5.69 Å². The van der Waals surface area contributed by atoms with Crippen LogP contribution in [-0.4, -0.2) is 20.9 Å². The summed E-state index contributed by atoms with van der Waals surface area (Å²) in [4.78, 5) is 11.1. The Hall–Kier alpha value is -2.82. The molecular weight excluding hydrogens is 242 g/mol. The SMILES string of the molecule is Nc1ccc(-n2ncc3ccccc32)cc1C(=O)O. The van der Waals surface area contributed by atoms with Gasteiger partial charge in [0.2, 0.25) is 0 Å². The van der Waals surface area contributed by atoms with Crippen molar-refractivity contribution in [3.63, 3.8) is 0 Å². The Kier molecular flexibility index (Phi) is 2.45. The smallest absolute Gasteiger partial charge is 0.337 e. The molecule has 0 saturated carbocycles. The average molecular weight is 253 g/mol. The molecule has 0 fully saturated rings. The molecule has 2 aromatic carbocycles. The van der Waals surface area contributed by atoms with Crippen LogP contribution < -0.4 is 5.73 Å². The van der Waals surface area contributed by atoms with Crippen molar-refractivity contribution in [2.75, 3.05) is 5.73 Å². The number of fused-ring (bicyclic) bond motifs is 1. The average Bonchev–Trinajstić information content (AvgIpc) is 2.83. The van der Waals surface area contributed by atoms with Gasteiger partial charge in [0, 0.05) is 11.1 Å². The topological polar surface area (TPSA) is 81.1 Å². The largest absolute Gasteiger partial charge is 0.478 e. The summed E-state index contributed by atoms with van der Waals surface area (Å²) in [5.74, 6) is -1.05. The van der Waals surface area contributed by atoms with Crippen molar-refractivity contribution in [3.05, 3.63) is 54.2 Å². The molecule has 0 aliphatic carbocycles. The van der Waals surface area contributed by atoms with Crippen molar-refractivity contribution in [1.82, 2.24) is 9.78 Å². The van der Waals surface area contributed by atoms with Crippen LogP contribution in [0, 0.1) is 0 Å². The standard InChI is InChI=1S/C14H11N3O2/c15-12-6-5-10(7-11(12)14(18)19)17-13-4-2-1-3-9(13)8-16-17/h1-8H,15H2,(H,18,19). The molecular formula is C14H11N3O2. The number of anilines is 1. The van der Waals surface area contributed by atoms with E-state index >= 15 is 0 Å². The minimum absolute atomic E-state index is 0.0806. The third kappa shape index (κ3) is 1.81. The maximum Gasteiger partial charge on any atom is 0.337 e. The molecule has 5 nitrogen and oxygen atoms in total. The fourth-order valence-electron chi connectivity index (χ4n) is 2.04. The first-order valence-electron chi connectivity index (χ1n) is 5.73. The molecule has 94 valence electrons. The zero-order valence-corrected chi connectivity index (χ0v) is 9.95. The molecule has 5 heteroatoms. The fraction of sp³-hybridized carbons (Fsp3) is 0. The van der Waals surface area contributed by atoms with Gasteiger partial charge in [-0.3, -0.25) is 0 Å². The normalized spacial score (nSPS) is 10.7. The second kappa shape index (κ2) is 4.13. The Morgan fingerprint density at radius 1 is 1.21 bits per heavy atom. The van der Waals surface area contributed by atoms with E-state index in [1.807, 2.05) is 24.3 Å². The molecule has 0 amide bonds. The maximum atomic E-state index is 11.1. The van der Waals surface area contributed by atoms with Gasteiger partial charge >= 0.3 is 5.97 Å². The van der Waals surface area contributed by atoms with Gasteiger partial charge in [0.15, 0.2) is 0 Å². The Morgan fingerprint density at radius 3 is 2.79 bits per heavy atom. The van der Waals surface area contributed by atoms with Crippen molar-refractivity contribution < 1.29 is 9.90 Å². The minimum atomic E-state index is -1.05. The van der Waals surface area contributed by atoms with E-state index in [2.05, 4.69) is 5.10 Å². The maximum absolute atomic E-state index is 11.1. The van der Waals surface area contributed by atoms with Crippen LogP contribution in [0.15, 0.2) is 48.7 Å². The number of hydrogen-bond acceptors (Lipinski definition) is 3. The summed E-state index contributed by atoms with van der Waals surface area (Å²) in [6.07, 6.45) is 1.74. The Morgan fingerprint density at radius 2 is 2.00 bits per heavy atom. The lowest BCUT2D eigenvalue weighted by molar-refractivity contribution is 0.0698. The van der Waals surface area contributed by atoms with Crippen LogP contribution in [-0.2, 0) is 0 Å². The second-order valence-corrected chi connectivity index (χ2v) is 4.19. The monoisotopic (exact) mass is 253 g/mol. The van der Waals surface area contributed by atoms with E-state index in [0.717, 1.165) is 10.9 Å². The number of nitrogens with two attached hydrogens (primary N) is 1. The number of carboxylic acid groups (broad SMARTS) is 1. The zero-order chi connectivity index (χ0) is 13.4. The molecule has 0 aliphatic heterocycles. The molecule has 1 heterocycles. The van der Waals surface area contributed by atoms with Gasteiger partial charge in [-0.2, -0.15) is 5.10 Å². The van der Waals surface area contributed by atoms with Gasteiger partial charge in [-0.25, -0.2) is 9.48 Å². The van der Waals surface area contributed by atoms with Gasteiger partial charge in [0.1, 0.15) is 0 Å². The molecule has 0 radical (unpaired) electrons. The molecule has 0 unspecified atom stereocenters. The van der Waals surface area contributed by atoms with Crippen molar-refractivity contribution >= 4 is 22.6 Å². The number of rotatable bonds is 2. The van der Waals surface area contributed by atoms with Crippen molar-refractivity contribution in [2.45, 2.75) is 0 Å². The molecule has 3 aromatic rings. The quantitative estimate of drug-likeness (QED) is 0.687. The summed E-state index contributed by atoms with van der Waals surface area (Å²) in [7, 11) is 0. The molecule has 0 spiro atoms. The highest BCUT2D eigenvalue weighted by atomic mass is 16.4. The first-order valence-corrected chi connectivity index (χ1v) is 5.73. The van der Waals surface area contributed by atoms with Gasteiger partial charge < -0.3 is 10.8 Å². The summed E-state index contributed by atoms with van der Waals surface area (Å²) < 4.78 is 1.70. The molecule has 19 heavy (non-hydrogen) atoms. The van der Waals surface area contributed by atoms with Crippen molar-refractivity contribution in [2.24, 2.45) is 0 Å². The second-order valence-electron chi connectivity index (χ2n) is 4.19. The Bertz CT molecular complexity index is 777. The summed E-state index contributed by atoms with van der Waals surface area (Å²) in [6, 6.07) is 12.6. The molecule has 0 bridgehead atoms. The lowest BCUT2D eigenvalue weighted by atomic mass is 10.1. The van der Waals surface area contributed by atoms with Crippen LogP contribution in [0.2, 0.25) is 0 Å². The third-order valence-electron chi connectivity index (χ3n) is 2.99. The van der Waals surface area contributed by atoms with E-state index in [4.69, 9.17) is 10.8 Å². The molecule has 0 atom stereocenters. The fourth-order valence-corrected chi connectivity index (χ4v) is 2.04. The summed E-state index contributed by atoms with van der Waals surface area (Å²) in [5, 5.41) is 14.4. The number of aromatic carboxylic acids is 1. The first-order chi connectivity index (χ1) is 9.16. The molecule has 1 aromatic heterocycles. The van der Waals surface area contributed by atoms with E-state index in [1.165, 1.54) is 6.07 Å². The summed E-state index contributed by atoms with van der Waals surface area (Å²) in [6.45, 7) is 0. The van der Waals surface area contributed by atoms with Crippen molar-refractivity contribution in [1.29, 1.82) is 0 Å². The number of nitrogens with zero attached hydrogens (tertiary/aromatic N) is 2. The van der Waals surface area contributed by atoms with Crippen LogP contribution in [0.3, 0.4) is 0 Å². The summed E-state index contributed by atoms with van der Waals surface area (Å²) >= 11 is 0. The minimum Gasteiger partial charge on any atom is -0.478 e. The number of aromatic nitrogens is 2. The van der Waals surface area contributed by atoms with E-state index < -0.39 is 5.97 Å². The van der Waals surface area contributed by atoms with Crippen LogP contribution in [0.25, 0.3) is 16.6 Å². The van der Waals surface area contributed by atoms with E-state index in [9.17, 15) is 4.79 Å². The number of benzene rings is 2. The first kappa shape index (κ1) is 11.3. The lowest BCUT2D eigenvalue weighted by Gasteiger charge is -2.06. The van der Waals surface area contributed by atoms with Crippen LogP contribution in [0.1, 0.15) is 10.4 Å². The zero-order valence-electron chi connectivity index (χ0n) is 9.95. The summed E-state index contributed by atoms with van der Waals surface area (Å²) in [5.41, 5.74) is 7.56. The number of hydrogen-bond donors (Lipinski definition) is 2. The van der Waals surface area contributed by atoms with Crippen LogP contribution in [0.5, 0.6) is 0 Å². The van der Waals surface area contributed by atoms with E-state index in [-0.39, 0.29) is 11.3 Å². The predicted molar refractivity (Wildman–Crippen MR) is 72.4 cm³/mol. The number of para-hydroxylation sites is 1. The molecule has 3 rings (SSSR count). The third-order valence-corrected chi connectivity index (χ3v) is 2.99. The molecule has 0 aliphatic rings. The number of carbonyl (C=O) groups is 1. The Labute approximate surface area is 108 Å². The lowest BCUT2D eigenvalue weighted by Crippen LogP contribution is -2.05. The predicted octanol–water partition coefficient (Wildman–Crippen LogP) is 2.31. The molecule has 3 N–H and O–H groups in total. The molecule has 0 saturated heterocycles. The van der Waals surface area contributed by atoms with Crippen LogP contribution >= 0.6 is 0 Å². The van der Waals surface area contributed by atoms with E-state index in [0.29, 0.717) is 5.69 Å². The van der Waals surface area contributed by atoms with Gasteiger partial charge in [-0.1, -0.05) is 18.2 Å². The highest BCUT2D eigenvalue weighted by Crippen LogP contribution is 2.21. The van der Waals surface area contributed by atoms with Gasteiger partial charge in [0.25, 0.3) is 0 Å². The highest BCUT2D eigenvalue weighted by Gasteiger charge is 2.11. The Balaban J connectivity index is 2.22. The number of carboxylic acids is 1. The highest BCUT2D eigenvalue weighted by molar-refractivity contribution is 5.94. The number of nitrogen functional groups attached to an aromatic ring is 1. The van der Waals surface area contributed by atoms with E-state index in [1.54, 1.807) is 23.0 Å². The van der Waals surface area contributed by atoms with Gasteiger partial charge in [-0.05, 0) is 24.3 Å². The van der Waals surface area contributed by atoms with Crippen LogP contribution in [0.4, 0.5) is 5.69 Å². The van der Waals surface area contributed by atoms with Gasteiger partial charge in [-0.15, -0.1) is 0 Å².